The highest BCUT2D eigenvalue weighted by Gasteiger charge is 2.16. The number of amides is 1. The maximum absolute atomic E-state index is 12.6. The van der Waals surface area contributed by atoms with Crippen LogP contribution in [-0.4, -0.2) is 33.6 Å². The highest BCUT2D eigenvalue weighted by Crippen LogP contribution is 2.29. The van der Waals surface area contributed by atoms with Gasteiger partial charge in [0.2, 0.25) is 0 Å². The minimum Gasteiger partial charge on any atom is -0.394 e. The largest absolute Gasteiger partial charge is 0.394 e. The predicted molar refractivity (Wildman–Crippen MR) is 112 cm³/mol. The molecule has 0 spiro atoms. The zero-order valence-corrected chi connectivity index (χ0v) is 17.1. The summed E-state index contributed by atoms with van der Waals surface area (Å²) in [5.74, 6) is -0.0895. The Balaban J connectivity index is 2.11. The summed E-state index contributed by atoms with van der Waals surface area (Å²) in [5.41, 5.74) is 2.11. The quantitative estimate of drug-likeness (QED) is 0.597. The second-order valence-electron chi connectivity index (χ2n) is 6.15. The average Bonchev–Trinajstić information content (AvgIpc) is 2.70. The average molecular weight is 437 g/mol. The van der Waals surface area contributed by atoms with E-state index < -0.39 is 11.9 Å². The molecule has 8 heteroatoms. The van der Waals surface area contributed by atoms with Gasteiger partial charge in [-0.05, 0) is 43.3 Å². The molecule has 1 aromatic heterocycles. The van der Waals surface area contributed by atoms with Gasteiger partial charge in [-0.1, -0.05) is 46.9 Å². The topological polar surface area (TPSA) is 75.1 Å². The normalized spacial score (nSPS) is 11.9. The summed E-state index contributed by atoms with van der Waals surface area (Å²) in [6, 6.07) is 13.3. The number of rotatable bonds is 5. The van der Waals surface area contributed by atoms with E-state index in [1.54, 1.807) is 55.5 Å². The van der Waals surface area contributed by atoms with Crippen molar-refractivity contribution in [2.24, 2.45) is 0 Å². The Bertz CT molecular complexity index is 1010. The van der Waals surface area contributed by atoms with Gasteiger partial charge in [0.25, 0.3) is 5.91 Å². The first-order chi connectivity index (χ1) is 13.4. The molecule has 0 aliphatic carbocycles. The van der Waals surface area contributed by atoms with Gasteiger partial charge in [0.15, 0.2) is 5.82 Å². The van der Waals surface area contributed by atoms with Crippen LogP contribution in [0.5, 0.6) is 0 Å². The van der Waals surface area contributed by atoms with Crippen molar-refractivity contribution in [3.8, 4) is 22.6 Å². The van der Waals surface area contributed by atoms with E-state index in [1.165, 1.54) is 0 Å². The summed E-state index contributed by atoms with van der Waals surface area (Å²) >= 11 is 18.1. The van der Waals surface area contributed by atoms with E-state index in [1.807, 2.05) is 0 Å². The molecule has 1 amide bonds. The van der Waals surface area contributed by atoms with Gasteiger partial charge in [-0.3, -0.25) is 4.79 Å². The van der Waals surface area contributed by atoms with Crippen molar-refractivity contribution in [1.29, 1.82) is 0 Å². The molecule has 5 nitrogen and oxygen atoms in total. The highest BCUT2D eigenvalue weighted by atomic mass is 35.5. The molecule has 0 aliphatic heterocycles. The first-order valence-corrected chi connectivity index (χ1v) is 9.53. The SMILES string of the molecule is C[C@@H](CO)NC(=O)c1cc(-c2ccc(Cl)cc2)nc(-c2ccc(Cl)c(Cl)c2)n1. The summed E-state index contributed by atoms with van der Waals surface area (Å²) in [6.45, 7) is 1.51. The Kier molecular flexibility index (Phi) is 6.52. The molecule has 0 fully saturated rings. The Morgan fingerprint density at radius 3 is 2.32 bits per heavy atom. The van der Waals surface area contributed by atoms with Gasteiger partial charge in [-0.2, -0.15) is 0 Å². The van der Waals surface area contributed by atoms with Gasteiger partial charge in [-0.15, -0.1) is 0 Å². The molecule has 2 N–H and O–H groups in total. The lowest BCUT2D eigenvalue weighted by Gasteiger charge is -2.12. The highest BCUT2D eigenvalue weighted by molar-refractivity contribution is 6.42. The van der Waals surface area contributed by atoms with Crippen LogP contribution in [0.15, 0.2) is 48.5 Å². The number of nitrogens with one attached hydrogen (secondary N) is 1. The number of halogens is 3. The van der Waals surface area contributed by atoms with Gasteiger partial charge in [0.05, 0.1) is 22.3 Å². The molecule has 0 unspecified atom stereocenters. The minimum absolute atomic E-state index is 0.168. The zero-order chi connectivity index (χ0) is 20.3. The molecule has 0 saturated carbocycles. The lowest BCUT2D eigenvalue weighted by atomic mass is 10.1. The second-order valence-corrected chi connectivity index (χ2v) is 7.41. The van der Waals surface area contributed by atoms with E-state index in [-0.39, 0.29) is 12.3 Å². The molecule has 3 aromatic rings. The Morgan fingerprint density at radius 1 is 1.00 bits per heavy atom. The second kappa shape index (κ2) is 8.88. The lowest BCUT2D eigenvalue weighted by molar-refractivity contribution is 0.0917. The summed E-state index contributed by atoms with van der Waals surface area (Å²) in [4.78, 5) is 21.5. The van der Waals surface area contributed by atoms with Gasteiger partial charge < -0.3 is 10.4 Å². The zero-order valence-electron chi connectivity index (χ0n) is 14.8. The molecule has 0 saturated heterocycles. The Labute approximate surface area is 177 Å². The molecule has 2 aromatic carbocycles. The molecule has 0 aliphatic rings. The van der Waals surface area contributed by atoms with Crippen LogP contribution in [-0.2, 0) is 0 Å². The third kappa shape index (κ3) is 4.80. The monoisotopic (exact) mass is 435 g/mol. The van der Waals surface area contributed by atoms with Crippen molar-refractivity contribution in [1.82, 2.24) is 15.3 Å². The fraction of sp³-hybridized carbons (Fsp3) is 0.150. The van der Waals surface area contributed by atoms with Crippen molar-refractivity contribution in [3.63, 3.8) is 0 Å². The molecular weight excluding hydrogens is 421 g/mol. The van der Waals surface area contributed by atoms with Crippen LogP contribution in [0.3, 0.4) is 0 Å². The summed E-state index contributed by atoms with van der Waals surface area (Å²) in [7, 11) is 0. The predicted octanol–water partition coefficient (Wildman–Crippen LogP) is 4.88. The molecular formula is C20H16Cl3N3O2. The summed E-state index contributed by atoms with van der Waals surface area (Å²) < 4.78 is 0. The third-order valence-electron chi connectivity index (χ3n) is 3.93. The van der Waals surface area contributed by atoms with E-state index >= 15 is 0 Å². The first-order valence-electron chi connectivity index (χ1n) is 8.39. The van der Waals surface area contributed by atoms with Gasteiger partial charge >= 0.3 is 0 Å². The summed E-state index contributed by atoms with van der Waals surface area (Å²) in [5, 5.41) is 13.2. The van der Waals surface area contributed by atoms with Crippen molar-refractivity contribution < 1.29 is 9.90 Å². The van der Waals surface area contributed by atoms with Gasteiger partial charge in [0, 0.05) is 22.2 Å². The van der Waals surface area contributed by atoms with E-state index in [9.17, 15) is 9.90 Å². The van der Waals surface area contributed by atoms with Crippen molar-refractivity contribution in [2.75, 3.05) is 6.61 Å². The number of carbonyl (C=O) groups excluding carboxylic acids is 1. The fourth-order valence-corrected chi connectivity index (χ4v) is 2.86. The number of hydrogen-bond donors (Lipinski definition) is 2. The van der Waals surface area contributed by atoms with E-state index in [0.29, 0.717) is 32.1 Å². The number of benzene rings is 2. The van der Waals surface area contributed by atoms with Crippen LogP contribution < -0.4 is 5.32 Å². The number of hydrogen-bond acceptors (Lipinski definition) is 4. The van der Waals surface area contributed by atoms with Crippen LogP contribution in [0, 0.1) is 0 Å². The smallest absolute Gasteiger partial charge is 0.270 e. The molecule has 3 rings (SSSR count). The molecule has 28 heavy (non-hydrogen) atoms. The van der Waals surface area contributed by atoms with Crippen molar-refractivity contribution in [3.05, 3.63) is 69.3 Å². The van der Waals surface area contributed by atoms with Crippen LogP contribution in [0.25, 0.3) is 22.6 Å². The maximum atomic E-state index is 12.6. The number of aliphatic hydroxyl groups excluding tert-OH is 1. The maximum Gasteiger partial charge on any atom is 0.270 e. The molecule has 0 bridgehead atoms. The standard InChI is InChI=1S/C20H16Cl3N3O2/c1-11(10-27)24-20(28)18-9-17(12-2-5-14(21)6-3-12)25-19(26-18)13-4-7-15(22)16(23)8-13/h2-9,11,27H,10H2,1H3,(H,24,28)/t11-/m0/s1. The van der Waals surface area contributed by atoms with Crippen LogP contribution in [0.4, 0.5) is 0 Å². The number of aliphatic hydroxyl groups is 1. The Hall–Kier alpha value is -2.18. The van der Waals surface area contributed by atoms with Crippen molar-refractivity contribution in [2.45, 2.75) is 13.0 Å². The lowest BCUT2D eigenvalue weighted by Crippen LogP contribution is -2.35. The number of aromatic nitrogens is 2. The fourth-order valence-electron chi connectivity index (χ4n) is 2.44. The molecule has 1 heterocycles. The number of nitrogens with zero attached hydrogens (tertiary/aromatic N) is 2. The molecule has 1 atom stereocenters. The third-order valence-corrected chi connectivity index (χ3v) is 4.92. The van der Waals surface area contributed by atoms with Gasteiger partial charge in [0.1, 0.15) is 5.69 Å². The van der Waals surface area contributed by atoms with Crippen LogP contribution in [0.1, 0.15) is 17.4 Å². The van der Waals surface area contributed by atoms with Crippen LogP contribution in [0.2, 0.25) is 15.1 Å². The van der Waals surface area contributed by atoms with E-state index in [4.69, 9.17) is 34.8 Å². The van der Waals surface area contributed by atoms with E-state index in [2.05, 4.69) is 15.3 Å². The number of carbonyl (C=O) groups is 1. The van der Waals surface area contributed by atoms with Crippen LogP contribution >= 0.6 is 34.8 Å². The first kappa shape index (κ1) is 20.6. The minimum atomic E-state index is -0.416. The van der Waals surface area contributed by atoms with Gasteiger partial charge in [-0.25, -0.2) is 9.97 Å². The van der Waals surface area contributed by atoms with E-state index in [0.717, 1.165) is 5.56 Å². The van der Waals surface area contributed by atoms with Crippen molar-refractivity contribution >= 4 is 40.7 Å². The molecule has 0 radical (unpaired) electrons. The Morgan fingerprint density at radius 2 is 1.68 bits per heavy atom. The molecule has 144 valence electrons. The summed E-state index contributed by atoms with van der Waals surface area (Å²) in [6.07, 6.45) is 0.